The fourth-order valence-electron chi connectivity index (χ4n) is 4.14. The molecular weight excluding hydrogens is 344 g/mol. The molecule has 2 atom stereocenters. The van der Waals surface area contributed by atoms with E-state index in [1.54, 1.807) is 12.3 Å². The lowest BCUT2D eigenvalue weighted by Gasteiger charge is -2.12. The summed E-state index contributed by atoms with van der Waals surface area (Å²) in [5, 5.41) is 9.86. The maximum atomic E-state index is 13.3. The van der Waals surface area contributed by atoms with Gasteiger partial charge in [0.15, 0.2) is 5.43 Å². The molecule has 5 nitrogen and oxygen atoms in total. The van der Waals surface area contributed by atoms with E-state index in [4.69, 9.17) is 8.83 Å². The van der Waals surface area contributed by atoms with Gasteiger partial charge in [-0.1, -0.05) is 13.8 Å². The SMILES string of the molecule is CCc1c(C2CC2c2occc2C)oc2ccc(C(=O)O)c(CC)c2c1=O. The van der Waals surface area contributed by atoms with Crippen molar-refractivity contribution in [1.82, 2.24) is 0 Å². The lowest BCUT2D eigenvalue weighted by molar-refractivity contribution is 0.0696. The highest BCUT2D eigenvalue weighted by Crippen LogP contribution is 2.56. The predicted octanol–water partition coefficient (Wildman–Crippen LogP) is 4.79. The van der Waals surface area contributed by atoms with Gasteiger partial charge in [0.05, 0.1) is 17.2 Å². The Hall–Kier alpha value is -2.82. The number of carboxylic acid groups (broad SMARTS) is 1. The third-order valence-electron chi connectivity index (χ3n) is 5.60. The first kappa shape index (κ1) is 17.6. The number of furan rings is 1. The van der Waals surface area contributed by atoms with E-state index in [0.29, 0.717) is 34.9 Å². The fourth-order valence-corrected chi connectivity index (χ4v) is 4.14. The number of hydrogen-bond acceptors (Lipinski definition) is 4. The lowest BCUT2D eigenvalue weighted by Crippen LogP contribution is -2.15. The van der Waals surface area contributed by atoms with E-state index in [9.17, 15) is 14.7 Å². The van der Waals surface area contributed by atoms with E-state index in [2.05, 4.69) is 0 Å². The Morgan fingerprint density at radius 1 is 1.11 bits per heavy atom. The molecule has 3 aromatic rings. The summed E-state index contributed by atoms with van der Waals surface area (Å²) in [5.74, 6) is 1.02. The second kappa shape index (κ2) is 6.41. The van der Waals surface area contributed by atoms with Gasteiger partial charge in [0.25, 0.3) is 0 Å². The molecule has 0 amide bonds. The number of carbonyl (C=O) groups is 1. The molecule has 0 bridgehead atoms. The number of aromatic carboxylic acids is 1. The largest absolute Gasteiger partial charge is 0.478 e. The molecule has 1 fully saturated rings. The van der Waals surface area contributed by atoms with Gasteiger partial charge in [0.1, 0.15) is 17.1 Å². The monoisotopic (exact) mass is 366 g/mol. The first-order valence-corrected chi connectivity index (χ1v) is 9.36. The van der Waals surface area contributed by atoms with Crippen molar-refractivity contribution < 1.29 is 18.7 Å². The molecule has 1 aliphatic rings. The summed E-state index contributed by atoms with van der Waals surface area (Å²) in [6, 6.07) is 5.09. The molecule has 2 aromatic heterocycles. The normalized spacial score (nSPS) is 18.8. The van der Waals surface area contributed by atoms with Gasteiger partial charge in [-0.25, -0.2) is 4.79 Å². The number of fused-ring (bicyclic) bond motifs is 1. The first-order chi connectivity index (χ1) is 13.0. The molecule has 0 aliphatic heterocycles. The van der Waals surface area contributed by atoms with Gasteiger partial charge in [0, 0.05) is 17.4 Å². The van der Waals surface area contributed by atoms with E-state index in [1.165, 1.54) is 6.07 Å². The van der Waals surface area contributed by atoms with Crippen molar-refractivity contribution in [1.29, 1.82) is 0 Å². The van der Waals surface area contributed by atoms with Crippen molar-refractivity contribution >= 4 is 16.9 Å². The number of benzene rings is 1. The zero-order valence-electron chi connectivity index (χ0n) is 15.7. The summed E-state index contributed by atoms with van der Waals surface area (Å²) in [6.07, 6.45) is 3.60. The third-order valence-corrected chi connectivity index (χ3v) is 5.60. The van der Waals surface area contributed by atoms with Gasteiger partial charge in [-0.3, -0.25) is 4.79 Å². The second-order valence-electron chi connectivity index (χ2n) is 7.17. The number of rotatable bonds is 5. The summed E-state index contributed by atoms with van der Waals surface area (Å²) in [7, 11) is 0. The van der Waals surface area contributed by atoms with Gasteiger partial charge in [0.2, 0.25) is 0 Å². The molecule has 5 heteroatoms. The van der Waals surface area contributed by atoms with Crippen LogP contribution in [0.25, 0.3) is 11.0 Å². The van der Waals surface area contributed by atoms with E-state index in [0.717, 1.165) is 23.5 Å². The molecule has 2 heterocycles. The van der Waals surface area contributed by atoms with Crippen molar-refractivity contribution in [2.75, 3.05) is 0 Å². The Kier molecular flexibility index (Phi) is 4.17. The van der Waals surface area contributed by atoms with Gasteiger partial charge in [-0.2, -0.15) is 0 Å². The summed E-state index contributed by atoms with van der Waals surface area (Å²) >= 11 is 0. The highest BCUT2D eigenvalue weighted by molar-refractivity contribution is 5.96. The Morgan fingerprint density at radius 3 is 2.41 bits per heavy atom. The number of carboxylic acids is 1. The molecule has 2 unspecified atom stereocenters. The Morgan fingerprint density at radius 2 is 1.81 bits per heavy atom. The maximum absolute atomic E-state index is 13.3. The molecule has 0 spiro atoms. The molecule has 1 aromatic carbocycles. The molecule has 27 heavy (non-hydrogen) atoms. The molecule has 140 valence electrons. The van der Waals surface area contributed by atoms with Gasteiger partial charge in [-0.15, -0.1) is 0 Å². The van der Waals surface area contributed by atoms with Crippen molar-refractivity contribution in [3.8, 4) is 0 Å². The average Bonchev–Trinajstić information content (AvgIpc) is 3.33. The minimum Gasteiger partial charge on any atom is -0.478 e. The molecule has 1 N–H and O–H groups in total. The van der Waals surface area contributed by atoms with Crippen molar-refractivity contribution in [2.45, 2.75) is 51.9 Å². The van der Waals surface area contributed by atoms with Crippen LogP contribution in [0, 0.1) is 6.92 Å². The van der Waals surface area contributed by atoms with Crippen LogP contribution in [0.3, 0.4) is 0 Å². The first-order valence-electron chi connectivity index (χ1n) is 9.36. The van der Waals surface area contributed by atoms with Crippen LogP contribution in [0.1, 0.15) is 70.7 Å². The van der Waals surface area contributed by atoms with Crippen molar-refractivity contribution in [2.24, 2.45) is 0 Å². The van der Waals surface area contributed by atoms with Gasteiger partial charge >= 0.3 is 5.97 Å². The van der Waals surface area contributed by atoms with E-state index >= 15 is 0 Å². The molecule has 0 saturated heterocycles. The third kappa shape index (κ3) is 2.69. The van der Waals surface area contributed by atoms with Crippen LogP contribution < -0.4 is 5.43 Å². The zero-order valence-corrected chi connectivity index (χ0v) is 15.7. The van der Waals surface area contributed by atoms with E-state index < -0.39 is 5.97 Å². The average molecular weight is 366 g/mol. The lowest BCUT2D eigenvalue weighted by atomic mass is 9.96. The minimum atomic E-state index is -1.02. The number of hydrogen-bond donors (Lipinski definition) is 1. The van der Waals surface area contributed by atoms with Crippen LogP contribution in [-0.4, -0.2) is 11.1 Å². The molecule has 1 aliphatic carbocycles. The highest BCUT2D eigenvalue weighted by Gasteiger charge is 2.46. The van der Waals surface area contributed by atoms with Crippen LogP contribution >= 0.6 is 0 Å². The highest BCUT2D eigenvalue weighted by atomic mass is 16.4. The summed E-state index contributed by atoms with van der Waals surface area (Å²) in [6.45, 7) is 5.81. The maximum Gasteiger partial charge on any atom is 0.335 e. The van der Waals surface area contributed by atoms with E-state index in [1.807, 2.05) is 26.8 Å². The smallest absolute Gasteiger partial charge is 0.335 e. The summed E-state index contributed by atoms with van der Waals surface area (Å²) < 4.78 is 11.8. The zero-order chi connectivity index (χ0) is 19.3. The van der Waals surface area contributed by atoms with Gasteiger partial charge < -0.3 is 13.9 Å². The van der Waals surface area contributed by atoms with Crippen LogP contribution in [0.15, 0.2) is 38.1 Å². The fraction of sp³-hybridized carbons (Fsp3) is 0.364. The molecular formula is C22H22O5. The minimum absolute atomic E-state index is 0.101. The van der Waals surface area contributed by atoms with Crippen molar-refractivity contribution in [3.63, 3.8) is 0 Å². The van der Waals surface area contributed by atoms with Gasteiger partial charge in [-0.05, 0) is 55.5 Å². The predicted molar refractivity (Wildman–Crippen MR) is 102 cm³/mol. The van der Waals surface area contributed by atoms with Crippen LogP contribution in [0.5, 0.6) is 0 Å². The molecule has 0 radical (unpaired) electrons. The summed E-state index contributed by atoms with van der Waals surface area (Å²) in [4.78, 5) is 24.8. The topological polar surface area (TPSA) is 80.7 Å². The quantitative estimate of drug-likeness (QED) is 0.702. The van der Waals surface area contributed by atoms with E-state index in [-0.39, 0.29) is 22.8 Å². The van der Waals surface area contributed by atoms with Crippen LogP contribution in [0.2, 0.25) is 0 Å². The Labute approximate surface area is 156 Å². The molecule has 1 saturated carbocycles. The van der Waals surface area contributed by atoms with Crippen LogP contribution in [-0.2, 0) is 12.8 Å². The summed E-state index contributed by atoms with van der Waals surface area (Å²) in [5.41, 5.74) is 2.85. The standard InChI is InChI=1S/C22H22O5/c1-4-12-14(22(24)25)6-7-17-18(12)19(23)13(5-2)21(27-17)16-10-15(16)20-11(3)8-9-26-20/h6-9,15-16H,4-5,10H2,1-3H3,(H,24,25). The Bertz CT molecular complexity index is 1100. The Balaban J connectivity index is 1.89. The second-order valence-corrected chi connectivity index (χ2v) is 7.17. The molecule has 4 rings (SSSR count). The number of aryl methyl sites for hydroxylation is 2. The van der Waals surface area contributed by atoms with Crippen LogP contribution in [0.4, 0.5) is 0 Å². The van der Waals surface area contributed by atoms with Crippen molar-refractivity contribution in [3.05, 3.63) is 68.5 Å².